The van der Waals surface area contributed by atoms with Gasteiger partial charge in [0.15, 0.2) is 10.7 Å². The summed E-state index contributed by atoms with van der Waals surface area (Å²) in [6.07, 6.45) is 0. The first kappa shape index (κ1) is 18.3. The predicted molar refractivity (Wildman–Crippen MR) is 104 cm³/mol. The molecule has 0 saturated carbocycles. The molecular formula is C17H10Cl3N3O3. The maximum absolute atomic E-state index is 12.6. The first-order valence-electron chi connectivity index (χ1n) is 7.26. The average Bonchev–Trinajstić information content (AvgIpc) is 2.57. The van der Waals surface area contributed by atoms with Crippen molar-refractivity contribution in [2.24, 2.45) is 0 Å². The summed E-state index contributed by atoms with van der Waals surface area (Å²) in [5, 5.41) is 15.0. The van der Waals surface area contributed by atoms with Gasteiger partial charge < -0.3 is 5.32 Å². The highest BCUT2D eigenvalue weighted by molar-refractivity contribution is 6.42. The molecule has 2 amide bonds. The van der Waals surface area contributed by atoms with Crippen LogP contribution in [0.2, 0.25) is 15.1 Å². The summed E-state index contributed by atoms with van der Waals surface area (Å²) in [5.74, 6) is 0. The molecule has 0 aliphatic rings. The molecule has 3 aromatic carbocycles. The van der Waals surface area contributed by atoms with E-state index in [4.69, 9.17) is 34.8 Å². The molecule has 0 fully saturated rings. The molecule has 6 nitrogen and oxygen atoms in total. The van der Waals surface area contributed by atoms with Gasteiger partial charge in [-0.25, -0.2) is 14.9 Å². The number of rotatable bonds is 3. The summed E-state index contributed by atoms with van der Waals surface area (Å²) < 4.78 is 0. The van der Waals surface area contributed by atoms with Crippen LogP contribution in [0, 0.1) is 10.1 Å². The minimum absolute atomic E-state index is 0.118. The Balaban J connectivity index is 2.02. The fraction of sp³-hybridized carbons (Fsp3) is 0. The summed E-state index contributed by atoms with van der Waals surface area (Å²) in [5.41, 5.74) is 0.154. The van der Waals surface area contributed by atoms with Crippen LogP contribution in [0.25, 0.3) is 10.8 Å². The number of halogens is 3. The fourth-order valence-electron chi connectivity index (χ4n) is 2.50. The van der Waals surface area contributed by atoms with Gasteiger partial charge in [0.25, 0.3) is 0 Å². The number of hydrogen-bond donors (Lipinski definition) is 1. The van der Waals surface area contributed by atoms with Crippen molar-refractivity contribution in [3.8, 4) is 0 Å². The molecular weight excluding hydrogens is 401 g/mol. The largest absolute Gasteiger partial charge is 0.385 e. The molecule has 0 radical (unpaired) electrons. The van der Waals surface area contributed by atoms with Crippen LogP contribution in [0.1, 0.15) is 0 Å². The molecule has 0 aliphatic carbocycles. The Kier molecular flexibility index (Phi) is 5.18. The van der Waals surface area contributed by atoms with Crippen LogP contribution < -0.4 is 10.3 Å². The Morgan fingerprint density at radius 2 is 1.62 bits per heavy atom. The third kappa shape index (κ3) is 3.53. The number of urea groups is 1. The monoisotopic (exact) mass is 409 g/mol. The van der Waals surface area contributed by atoms with Gasteiger partial charge in [-0.1, -0.05) is 71.2 Å². The smallest absolute Gasteiger partial charge is 0.302 e. The van der Waals surface area contributed by atoms with Crippen molar-refractivity contribution in [2.75, 3.05) is 10.3 Å². The minimum atomic E-state index is -1.02. The molecule has 9 heteroatoms. The van der Waals surface area contributed by atoms with Gasteiger partial charge in [-0.3, -0.25) is 0 Å². The second kappa shape index (κ2) is 7.37. The van der Waals surface area contributed by atoms with Crippen molar-refractivity contribution >= 4 is 63.0 Å². The zero-order valence-electron chi connectivity index (χ0n) is 12.9. The molecule has 3 aromatic rings. The van der Waals surface area contributed by atoms with Gasteiger partial charge in [-0.05, 0) is 28.6 Å². The van der Waals surface area contributed by atoms with E-state index in [9.17, 15) is 14.9 Å². The third-order valence-corrected chi connectivity index (χ3v) is 4.37. The summed E-state index contributed by atoms with van der Waals surface area (Å²) in [6.45, 7) is 0. The predicted octanol–water partition coefficient (Wildman–Crippen LogP) is 6.03. The summed E-state index contributed by atoms with van der Waals surface area (Å²) in [7, 11) is 0. The van der Waals surface area contributed by atoms with E-state index < -0.39 is 11.1 Å². The van der Waals surface area contributed by atoms with E-state index in [0.29, 0.717) is 5.69 Å². The second-order valence-corrected chi connectivity index (χ2v) is 6.48. The standard InChI is InChI=1S/C17H10Cl3N3O3/c18-11-8-13(19)16(14(20)9-11)22(23(25)26)17(24)21-15-7-3-5-10-4-1-2-6-12(10)15/h1-9H,(H,21,24). The zero-order chi connectivity index (χ0) is 18.8. The van der Waals surface area contributed by atoms with Gasteiger partial charge in [-0.2, -0.15) is 0 Å². The number of amides is 2. The lowest BCUT2D eigenvalue weighted by atomic mass is 10.1. The number of carbonyl (C=O) groups excluding carboxylic acids is 1. The van der Waals surface area contributed by atoms with Crippen molar-refractivity contribution in [2.45, 2.75) is 0 Å². The van der Waals surface area contributed by atoms with Crippen LogP contribution in [-0.2, 0) is 0 Å². The molecule has 0 unspecified atom stereocenters. The molecule has 0 aromatic heterocycles. The number of hydrogen-bond acceptors (Lipinski definition) is 3. The maximum atomic E-state index is 12.6. The van der Waals surface area contributed by atoms with Crippen molar-refractivity contribution < 1.29 is 9.83 Å². The summed E-state index contributed by atoms with van der Waals surface area (Å²) >= 11 is 17.9. The molecule has 0 aliphatic heterocycles. The fourth-order valence-corrected chi connectivity index (χ4v) is 3.47. The van der Waals surface area contributed by atoms with E-state index in [1.54, 1.807) is 24.3 Å². The van der Waals surface area contributed by atoms with Gasteiger partial charge >= 0.3 is 6.03 Å². The van der Waals surface area contributed by atoms with Crippen molar-refractivity contribution in [1.82, 2.24) is 0 Å². The lowest BCUT2D eigenvalue weighted by Gasteiger charge is -2.16. The quantitative estimate of drug-likeness (QED) is 0.423. The van der Waals surface area contributed by atoms with Crippen molar-refractivity contribution in [1.29, 1.82) is 0 Å². The molecule has 0 spiro atoms. The van der Waals surface area contributed by atoms with Gasteiger partial charge in [0.2, 0.25) is 0 Å². The number of anilines is 2. The third-order valence-electron chi connectivity index (χ3n) is 3.58. The highest BCUT2D eigenvalue weighted by atomic mass is 35.5. The summed E-state index contributed by atoms with van der Waals surface area (Å²) in [4.78, 5) is 24.1. The van der Waals surface area contributed by atoms with Gasteiger partial charge in [0.05, 0.1) is 15.7 Å². The van der Waals surface area contributed by atoms with E-state index >= 15 is 0 Å². The van der Waals surface area contributed by atoms with Gasteiger partial charge in [0.1, 0.15) is 0 Å². The number of nitrogens with one attached hydrogen (secondary N) is 1. The number of carbonyl (C=O) groups is 1. The molecule has 0 saturated heterocycles. The van der Waals surface area contributed by atoms with Crippen LogP contribution in [-0.4, -0.2) is 11.1 Å². The molecule has 26 heavy (non-hydrogen) atoms. The first-order chi connectivity index (χ1) is 12.4. The molecule has 1 N–H and O–H groups in total. The maximum Gasteiger partial charge on any atom is 0.385 e. The number of nitro groups is 1. The molecule has 132 valence electrons. The zero-order valence-corrected chi connectivity index (χ0v) is 15.2. The average molecular weight is 411 g/mol. The first-order valence-corrected chi connectivity index (χ1v) is 8.39. The normalized spacial score (nSPS) is 10.6. The van der Waals surface area contributed by atoms with Crippen molar-refractivity contribution in [3.63, 3.8) is 0 Å². The highest BCUT2D eigenvalue weighted by Crippen LogP contribution is 2.37. The van der Waals surface area contributed by atoms with Crippen molar-refractivity contribution in [3.05, 3.63) is 79.8 Å². The Morgan fingerprint density at radius 1 is 1.00 bits per heavy atom. The van der Waals surface area contributed by atoms with Crippen LogP contribution in [0.15, 0.2) is 54.6 Å². The molecule has 0 bridgehead atoms. The molecule has 0 atom stereocenters. The Hall–Kier alpha value is -2.54. The Labute approximate surface area is 163 Å². The minimum Gasteiger partial charge on any atom is -0.302 e. The molecule has 3 rings (SSSR count). The number of fused-ring (bicyclic) bond motifs is 1. The number of nitrogens with zero attached hydrogens (tertiary/aromatic N) is 2. The lowest BCUT2D eigenvalue weighted by Crippen LogP contribution is -2.40. The van der Waals surface area contributed by atoms with E-state index in [2.05, 4.69) is 5.32 Å². The van der Waals surface area contributed by atoms with E-state index in [1.165, 1.54) is 12.1 Å². The van der Waals surface area contributed by atoms with E-state index in [0.717, 1.165) is 10.8 Å². The van der Waals surface area contributed by atoms with Gasteiger partial charge in [-0.15, -0.1) is 0 Å². The van der Waals surface area contributed by atoms with Crippen LogP contribution in [0.3, 0.4) is 0 Å². The highest BCUT2D eigenvalue weighted by Gasteiger charge is 2.32. The number of benzene rings is 3. The van der Waals surface area contributed by atoms with Gasteiger partial charge in [0, 0.05) is 10.4 Å². The van der Waals surface area contributed by atoms with Crippen LogP contribution in [0.4, 0.5) is 16.2 Å². The number of hydrazine groups is 1. The SMILES string of the molecule is O=C(Nc1cccc2ccccc12)N(c1c(Cl)cc(Cl)cc1Cl)[N+](=O)[O-]. The van der Waals surface area contributed by atoms with E-state index in [-0.39, 0.29) is 25.8 Å². The van der Waals surface area contributed by atoms with Crippen LogP contribution in [0.5, 0.6) is 0 Å². The summed E-state index contributed by atoms with van der Waals surface area (Å²) in [6, 6.07) is 14.1. The topological polar surface area (TPSA) is 75.5 Å². The Morgan fingerprint density at radius 3 is 2.27 bits per heavy atom. The second-order valence-electron chi connectivity index (χ2n) is 5.22. The lowest BCUT2D eigenvalue weighted by molar-refractivity contribution is -0.481. The van der Waals surface area contributed by atoms with E-state index in [1.807, 2.05) is 18.2 Å². The van der Waals surface area contributed by atoms with Crippen LogP contribution >= 0.6 is 34.8 Å². The Bertz CT molecular complexity index is 998. The molecule has 0 heterocycles.